The third kappa shape index (κ3) is 6.02. The van der Waals surface area contributed by atoms with E-state index in [1.165, 1.54) is 0 Å². The molecular formula is C14H21BrCl2N2O2. The molecule has 0 aliphatic heterocycles. The average Bonchev–Trinajstić information content (AvgIpc) is 2.37. The average molecular weight is 400 g/mol. The first kappa shape index (κ1) is 20.5. The van der Waals surface area contributed by atoms with Crippen LogP contribution in [0.25, 0.3) is 0 Å². The summed E-state index contributed by atoms with van der Waals surface area (Å²) in [6, 6.07) is 5.23. The van der Waals surface area contributed by atoms with Crippen molar-refractivity contribution in [3.05, 3.63) is 27.7 Å². The zero-order valence-electron chi connectivity index (χ0n) is 12.3. The molecule has 3 N–H and O–H groups in total. The van der Waals surface area contributed by atoms with Gasteiger partial charge in [-0.3, -0.25) is 4.79 Å². The molecule has 0 radical (unpaired) electrons. The predicted molar refractivity (Wildman–Crippen MR) is 92.3 cm³/mol. The molecule has 120 valence electrons. The molecule has 0 aliphatic carbocycles. The Labute approximate surface area is 145 Å². The first-order chi connectivity index (χ1) is 9.28. The van der Waals surface area contributed by atoms with Gasteiger partial charge in [-0.05, 0) is 31.0 Å². The van der Waals surface area contributed by atoms with E-state index in [1.807, 2.05) is 20.8 Å². The summed E-state index contributed by atoms with van der Waals surface area (Å²) in [5.41, 5.74) is 5.28. The van der Waals surface area contributed by atoms with Gasteiger partial charge in [0.15, 0.2) is 6.61 Å². The van der Waals surface area contributed by atoms with Crippen molar-refractivity contribution in [2.45, 2.75) is 26.3 Å². The minimum atomic E-state index is -0.441. The molecule has 1 atom stereocenters. The van der Waals surface area contributed by atoms with Gasteiger partial charge in [-0.1, -0.05) is 41.4 Å². The van der Waals surface area contributed by atoms with Crippen LogP contribution in [0.4, 0.5) is 0 Å². The summed E-state index contributed by atoms with van der Waals surface area (Å²) >= 11 is 9.33. The maximum atomic E-state index is 11.9. The summed E-state index contributed by atoms with van der Waals surface area (Å²) in [6.45, 7) is 6.22. The van der Waals surface area contributed by atoms with Crippen molar-refractivity contribution in [1.29, 1.82) is 0 Å². The van der Waals surface area contributed by atoms with Gasteiger partial charge >= 0.3 is 0 Å². The molecule has 0 saturated carbocycles. The Morgan fingerprint density at radius 3 is 2.62 bits per heavy atom. The van der Waals surface area contributed by atoms with Crippen LogP contribution in [-0.4, -0.2) is 24.6 Å². The van der Waals surface area contributed by atoms with Crippen molar-refractivity contribution < 1.29 is 9.53 Å². The maximum Gasteiger partial charge on any atom is 0.258 e. The van der Waals surface area contributed by atoms with Crippen LogP contribution in [0, 0.1) is 5.92 Å². The molecule has 1 amide bonds. The molecule has 0 spiro atoms. The van der Waals surface area contributed by atoms with E-state index in [0.717, 1.165) is 4.47 Å². The van der Waals surface area contributed by atoms with Gasteiger partial charge in [-0.25, -0.2) is 0 Å². The monoisotopic (exact) mass is 398 g/mol. The molecule has 1 aromatic rings. The summed E-state index contributed by atoms with van der Waals surface area (Å²) in [6.07, 6.45) is 0. The minimum Gasteiger partial charge on any atom is -0.482 e. The fourth-order valence-corrected chi connectivity index (χ4v) is 2.25. The molecule has 1 aromatic carbocycles. The Morgan fingerprint density at radius 1 is 1.52 bits per heavy atom. The van der Waals surface area contributed by atoms with Gasteiger partial charge in [0.25, 0.3) is 5.91 Å². The number of nitrogens with two attached hydrogens (primary N) is 1. The first-order valence-electron chi connectivity index (χ1n) is 6.37. The lowest BCUT2D eigenvalue weighted by atomic mass is 9.88. The van der Waals surface area contributed by atoms with E-state index < -0.39 is 5.54 Å². The van der Waals surface area contributed by atoms with E-state index in [2.05, 4.69) is 21.2 Å². The van der Waals surface area contributed by atoms with E-state index in [4.69, 9.17) is 22.1 Å². The van der Waals surface area contributed by atoms with Crippen molar-refractivity contribution in [1.82, 2.24) is 5.32 Å². The van der Waals surface area contributed by atoms with Crippen LogP contribution in [0.3, 0.4) is 0 Å². The van der Waals surface area contributed by atoms with E-state index in [-0.39, 0.29) is 30.8 Å². The highest BCUT2D eigenvalue weighted by Crippen LogP contribution is 2.27. The number of nitrogens with one attached hydrogen (secondary N) is 1. The standard InChI is InChI=1S/C14H20BrClN2O2.ClH/c1-9(2)14(3,8-17)18-13(19)7-20-12-5-4-10(15)6-11(12)16;/h4-6,9H,7-8,17H2,1-3H3,(H,18,19);1H. The Hall–Kier alpha value is -0.490. The highest BCUT2D eigenvalue weighted by Gasteiger charge is 2.28. The second-order valence-corrected chi connectivity index (χ2v) is 6.51. The molecule has 0 aliphatic rings. The zero-order chi connectivity index (χ0) is 15.3. The Kier molecular flexibility index (Phi) is 8.63. The van der Waals surface area contributed by atoms with Crippen LogP contribution in [0.1, 0.15) is 20.8 Å². The quantitative estimate of drug-likeness (QED) is 0.770. The normalized spacial score (nSPS) is 13.3. The Balaban J connectivity index is 0.00000400. The van der Waals surface area contributed by atoms with Gasteiger partial charge in [0, 0.05) is 11.0 Å². The molecule has 1 rings (SSSR count). The third-order valence-corrected chi connectivity index (χ3v) is 4.16. The Morgan fingerprint density at radius 2 is 2.14 bits per heavy atom. The molecule has 0 saturated heterocycles. The van der Waals surface area contributed by atoms with Gasteiger partial charge < -0.3 is 15.8 Å². The lowest BCUT2D eigenvalue weighted by molar-refractivity contribution is -0.125. The predicted octanol–water partition coefficient (Wildman–Crippen LogP) is 3.39. The largest absolute Gasteiger partial charge is 0.482 e. The fourth-order valence-electron chi connectivity index (χ4n) is 1.52. The first-order valence-corrected chi connectivity index (χ1v) is 7.54. The highest BCUT2D eigenvalue weighted by molar-refractivity contribution is 9.10. The van der Waals surface area contributed by atoms with Gasteiger partial charge in [-0.2, -0.15) is 0 Å². The number of benzene rings is 1. The SMILES string of the molecule is CC(C)C(C)(CN)NC(=O)COc1ccc(Br)cc1Cl.Cl. The smallest absolute Gasteiger partial charge is 0.258 e. The summed E-state index contributed by atoms with van der Waals surface area (Å²) in [4.78, 5) is 11.9. The van der Waals surface area contributed by atoms with Crippen LogP contribution in [0.5, 0.6) is 5.75 Å². The highest BCUT2D eigenvalue weighted by atomic mass is 79.9. The number of amides is 1. The number of hydrogen-bond donors (Lipinski definition) is 2. The van der Waals surface area contributed by atoms with Crippen LogP contribution >= 0.6 is 39.9 Å². The van der Waals surface area contributed by atoms with E-state index >= 15 is 0 Å². The van der Waals surface area contributed by atoms with Gasteiger partial charge in [-0.15, -0.1) is 12.4 Å². The zero-order valence-corrected chi connectivity index (χ0v) is 15.4. The van der Waals surface area contributed by atoms with Crippen molar-refractivity contribution in [3.63, 3.8) is 0 Å². The van der Waals surface area contributed by atoms with Crippen molar-refractivity contribution in [2.24, 2.45) is 11.7 Å². The van der Waals surface area contributed by atoms with E-state index in [0.29, 0.717) is 17.3 Å². The summed E-state index contributed by atoms with van der Waals surface area (Å²) in [5, 5.41) is 3.36. The van der Waals surface area contributed by atoms with Crippen LogP contribution in [0.2, 0.25) is 5.02 Å². The summed E-state index contributed by atoms with van der Waals surface area (Å²) in [5.74, 6) is 0.488. The molecule has 0 bridgehead atoms. The number of halogens is 3. The number of rotatable bonds is 6. The molecule has 21 heavy (non-hydrogen) atoms. The summed E-state index contributed by atoms with van der Waals surface area (Å²) < 4.78 is 6.27. The number of carbonyl (C=O) groups excluding carboxylic acids is 1. The molecule has 0 aromatic heterocycles. The van der Waals surface area contributed by atoms with Crippen LogP contribution < -0.4 is 15.8 Å². The summed E-state index contributed by atoms with van der Waals surface area (Å²) in [7, 11) is 0. The second-order valence-electron chi connectivity index (χ2n) is 5.19. The van der Waals surface area contributed by atoms with Crippen molar-refractivity contribution in [3.8, 4) is 5.75 Å². The maximum absolute atomic E-state index is 11.9. The van der Waals surface area contributed by atoms with E-state index in [9.17, 15) is 4.79 Å². The van der Waals surface area contributed by atoms with Gasteiger partial charge in [0.05, 0.1) is 10.6 Å². The lowest BCUT2D eigenvalue weighted by Gasteiger charge is -2.33. The van der Waals surface area contributed by atoms with Crippen molar-refractivity contribution in [2.75, 3.05) is 13.2 Å². The van der Waals surface area contributed by atoms with Crippen molar-refractivity contribution >= 4 is 45.8 Å². The molecule has 0 heterocycles. The lowest BCUT2D eigenvalue weighted by Crippen LogP contribution is -2.56. The van der Waals surface area contributed by atoms with Crippen LogP contribution in [0.15, 0.2) is 22.7 Å². The fraction of sp³-hybridized carbons (Fsp3) is 0.500. The van der Waals surface area contributed by atoms with Crippen LogP contribution in [-0.2, 0) is 4.79 Å². The van der Waals surface area contributed by atoms with Gasteiger partial charge in [0.2, 0.25) is 0 Å². The molecule has 7 heteroatoms. The Bertz CT molecular complexity index is 486. The number of ether oxygens (including phenoxy) is 1. The van der Waals surface area contributed by atoms with E-state index in [1.54, 1.807) is 18.2 Å². The topological polar surface area (TPSA) is 64.3 Å². The molecular weight excluding hydrogens is 379 g/mol. The number of hydrogen-bond acceptors (Lipinski definition) is 3. The van der Waals surface area contributed by atoms with Gasteiger partial charge in [0.1, 0.15) is 5.75 Å². The molecule has 4 nitrogen and oxygen atoms in total. The molecule has 0 fully saturated rings. The minimum absolute atomic E-state index is 0. The molecule has 1 unspecified atom stereocenters. The number of carbonyl (C=O) groups is 1. The second kappa shape index (κ2) is 8.83. The third-order valence-electron chi connectivity index (χ3n) is 3.38.